The van der Waals surface area contributed by atoms with Crippen molar-refractivity contribution in [3.8, 4) is 11.8 Å². The van der Waals surface area contributed by atoms with Crippen LogP contribution in [0.5, 0.6) is 5.75 Å². The second-order valence-corrected chi connectivity index (χ2v) is 3.91. The fourth-order valence-corrected chi connectivity index (χ4v) is 1.55. The monoisotopic (exact) mass is 236 g/mol. The second-order valence-electron chi connectivity index (χ2n) is 3.91. The topological polar surface area (TPSA) is 56.0 Å². The zero-order chi connectivity index (χ0) is 12.5. The van der Waals surface area contributed by atoms with E-state index in [1.54, 1.807) is 0 Å². The number of benzene rings is 1. The zero-order valence-corrected chi connectivity index (χ0v) is 9.75. The molecule has 0 unspecified atom stereocenters. The molecule has 0 aliphatic carbocycles. The van der Waals surface area contributed by atoms with Crippen molar-refractivity contribution in [1.29, 1.82) is 5.26 Å². The summed E-state index contributed by atoms with van der Waals surface area (Å²) in [5.74, 6) is -0.501. The number of nitrogens with one attached hydrogen (secondary N) is 1. The van der Waals surface area contributed by atoms with Crippen LogP contribution in [0.3, 0.4) is 0 Å². The lowest BCUT2D eigenvalue weighted by molar-refractivity contribution is 0.469. The number of hydrogen-bond donors (Lipinski definition) is 2. The quantitative estimate of drug-likeness (QED) is 0.563. The summed E-state index contributed by atoms with van der Waals surface area (Å²) in [6.45, 7) is 0.703. The number of halogens is 1. The van der Waals surface area contributed by atoms with E-state index in [0.29, 0.717) is 18.7 Å². The van der Waals surface area contributed by atoms with Gasteiger partial charge in [-0.1, -0.05) is 12.8 Å². The van der Waals surface area contributed by atoms with Gasteiger partial charge in [0.05, 0.1) is 11.8 Å². The Morgan fingerprint density at radius 3 is 2.71 bits per heavy atom. The number of nitrogens with zero attached hydrogens (tertiary/aromatic N) is 1. The molecule has 1 aromatic carbocycles. The molecule has 92 valence electrons. The first-order valence-electron chi connectivity index (χ1n) is 5.83. The molecule has 0 aliphatic heterocycles. The first kappa shape index (κ1) is 13.3. The standard InChI is InChI=1S/C13H17FN2O/c14-12-10-11(17)6-7-13(12)16-9-5-3-1-2-4-8-15/h6-7,10,16-17H,1-5,9H2. The lowest BCUT2D eigenvalue weighted by atomic mass is 10.1. The van der Waals surface area contributed by atoms with Crippen molar-refractivity contribution in [3.05, 3.63) is 24.0 Å². The number of aromatic hydroxyl groups is 1. The van der Waals surface area contributed by atoms with E-state index in [4.69, 9.17) is 10.4 Å². The van der Waals surface area contributed by atoms with E-state index in [9.17, 15) is 4.39 Å². The second kappa shape index (κ2) is 7.50. The maximum Gasteiger partial charge on any atom is 0.149 e. The number of phenolic OH excluding ortho intramolecular Hbond substituents is 1. The predicted molar refractivity (Wildman–Crippen MR) is 65.3 cm³/mol. The summed E-state index contributed by atoms with van der Waals surface area (Å²) in [5.41, 5.74) is 0.417. The summed E-state index contributed by atoms with van der Waals surface area (Å²) < 4.78 is 13.3. The molecule has 0 bridgehead atoms. The summed E-state index contributed by atoms with van der Waals surface area (Å²) in [7, 11) is 0. The highest BCUT2D eigenvalue weighted by atomic mass is 19.1. The minimum absolute atomic E-state index is 0.0652. The van der Waals surface area contributed by atoms with E-state index in [0.717, 1.165) is 31.7 Å². The molecule has 0 saturated carbocycles. The van der Waals surface area contributed by atoms with Crippen LogP contribution in [0.2, 0.25) is 0 Å². The van der Waals surface area contributed by atoms with Gasteiger partial charge in [0.1, 0.15) is 11.6 Å². The molecule has 1 rings (SSSR count). The van der Waals surface area contributed by atoms with E-state index < -0.39 is 5.82 Å². The fourth-order valence-electron chi connectivity index (χ4n) is 1.55. The number of rotatable bonds is 7. The molecule has 0 aliphatic rings. The van der Waals surface area contributed by atoms with Gasteiger partial charge in [-0.25, -0.2) is 4.39 Å². The third kappa shape index (κ3) is 5.21. The Kier molecular flexibility index (Phi) is 5.87. The summed E-state index contributed by atoms with van der Waals surface area (Å²) in [4.78, 5) is 0. The molecule has 0 heterocycles. The Labute approximate surface area is 101 Å². The van der Waals surface area contributed by atoms with Gasteiger partial charge in [0.2, 0.25) is 0 Å². The van der Waals surface area contributed by atoms with Gasteiger partial charge in [0, 0.05) is 19.0 Å². The average Bonchev–Trinajstić information content (AvgIpc) is 2.30. The van der Waals surface area contributed by atoms with Crippen molar-refractivity contribution >= 4 is 5.69 Å². The first-order valence-corrected chi connectivity index (χ1v) is 5.83. The van der Waals surface area contributed by atoms with Crippen molar-refractivity contribution in [1.82, 2.24) is 0 Å². The van der Waals surface area contributed by atoms with Crippen LogP contribution in [0.25, 0.3) is 0 Å². The van der Waals surface area contributed by atoms with Crippen molar-refractivity contribution in [3.63, 3.8) is 0 Å². The Balaban J connectivity index is 2.16. The minimum atomic E-state index is -0.436. The molecule has 17 heavy (non-hydrogen) atoms. The van der Waals surface area contributed by atoms with Crippen LogP contribution in [0.1, 0.15) is 32.1 Å². The van der Waals surface area contributed by atoms with Gasteiger partial charge in [0.15, 0.2) is 0 Å². The lowest BCUT2D eigenvalue weighted by Gasteiger charge is -2.07. The van der Waals surface area contributed by atoms with Crippen molar-refractivity contribution in [2.45, 2.75) is 32.1 Å². The van der Waals surface area contributed by atoms with E-state index >= 15 is 0 Å². The smallest absolute Gasteiger partial charge is 0.149 e. The average molecular weight is 236 g/mol. The molecule has 4 heteroatoms. The number of phenols is 1. The highest BCUT2D eigenvalue weighted by Crippen LogP contribution is 2.19. The van der Waals surface area contributed by atoms with E-state index in [1.165, 1.54) is 12.1 Å². The maximum atomic E-state index is 13.3. The minimum Gasteiger partial charge on any atom is -0.508 e. The van der Waals surface area contributed by atoms with Gasteiger partial charge in [-0.05, 0) is 25.0 Å². The number of unbranched alkanes of at least 4 members (excludes halogenated alkanes) is 4. The molecule has 0 fully saturated rings. The molecular formula is C13H17FN2O. The van der Waals surface area contributed by atoms with Crippen molar-refractivity contribution < 1.29 is 9.50 Å². The van der Waals surface area contributed by atoms with Gasteiger partial charge in [-0.2, -0.15) is 5.26 Å². The van der Waals surface area contributed by atoms with E-state index in [1.807, 2.05) is 0 Å². The molecule has 3 nitrogen and oxygen atoms in total. The van der Waals surface area contributed by atoms with Gasteiger partial charge in [-0.3, -0.25) is 0 Å². The Morgan fingerprint density at radius 1 is 1.24 bits per heavy atom. The van der Waals surface area contributed by atoms with Crippen LogP contribution in [-0.4, -0.2) is 11.7 Å². The first-order chi connectivity index (χ1) is 8.24. The molecule has 0 radical (unpaired) electrons. The van der Waals surface area contributed by atoms with E-state index in [2.05, 4.69) is 11.4 Å². The van der Waals surface area contributed by atoms with Gasteiger partial charge in [0.25, 0.3) is 0 Å². The number of anilines is 1. The molecule has 0 aromatic heterocycles. The molecule has 2 N–H and O–H groups in total. The SMILES string of the molecule is N#CCCCCCCNc1ccc(O)cc1F. The number of nitriles is 1. The van der Waals surface area contributed by atoms with Crippen LogP contribution in [0.15, 0.2) is 18.2 Å². The van der Waals surface area contributed by atoms with Crippen molar-refractivity contribution in [2.24, 2.45) is 0 Å². The summed E-state index contributed by atoms with van der Waals surface area (Å²) in [5, 5.41) is 20.4. The van der Waals surface area contributed by atoms with Crippen LogP contribution < -0.4 is 5.32 Å². The molecule has 1 aromatic rings. The largest absolute Gasteiger partial charge is 0.508 e. The maximum absolute atomic E-state index is 13.3. The summed E-state index contributed by atoms with van der Waals surface area (Å²) in [6.07, 6.45) is 4.57. The van der Waals surface area contributed by atoms with Gasteiger partial charge in [-0.15, -0.1) is 0 Å². The molecular weight excluding hydrogens is 219 g/mol. The predicted octanol–water partition coefficient (Wildman–Crippen LogP) is 3.42. The Bertz CT molecular complexity index is 387. The molecule has 0 amide bonds. The summed E-state index contributed by atoms with van der Waals surface area (Å²) >= 11 is 0. The zero-order valence-electron chi connectivity index (χ0n) is 9.75. The molecule has 0 spiro atoms. The van der Waals surface area contributed by atoms with Crippen LogP contribution in [0, 0.1) is 17.1 Å². The van der Waals surface area contributed by atoms with Gasteiger partial charge >= 0.3 is 0 Å². The van der Waals surface area contributed by atoms with Crippen LogP contribution >= 0.6 is 0 Å². The third-order valence-corrected chi connectivity index (χ3v) is 2.48. The number of hydrogen-bond acceptors (Lipinski definition) is 3. The third-order valence-electron chi connectivity index (χ3n) is 2.48. The highest BCUT2D eigenvalue weighted by molar-refractivity contribution is 5.47. The Hall–Kier alpha value is -1.76. The Morgan fingerprint density at radius 2 is 2.00 bits per heavy atom. The van der Waals surface area contributed by atoms with Crippen molar-refractivity contribution in [2.75, 3.05) is 11.9 Å². The normalized spacial score (nSPS) is 9.88. The van der Waals surface area contributed by atoms with Gasteiger partial charge < -0.3 is 10.4 Å². The highest BCUT2D eigenvalue weighted by Gasteiger charge is 2.01. The van der Waals surface area contributed by atoms with Crippen LogP contribution in [0.4, 0.5) is 10.1 Å². The molecule has 0 saturated heterocycles. The van der Waals surface area contributed by atoms with E-state index in [-0.39, 0.29) is 5.75 Å². The van der Waals surface area contributed by atoms with Crippen LogP contribution in [-0.2, 0) is 0 Å². The molecule has 0 atom stereocenters. The fraction of sp³-hybridized carbons (Fsp3) is 0.462. The summed E-state index contributed by atoms with van der Waals surface area (Å²) in [6, 6.07) is 6.19. The lowest BCUT2D eigenvalue weighted by Crippen LogP contribution is -2.03.